The van der Waals surface area contributed by atoms with Crippen molar-refractivity contribution in [1.82, 2.24) is 9.88 Å². The minimum atomic E-state index is -0.570. The molecule has 1 unspecified atom stereocenters. The number of ether oxygens (including phenoxy) is 2. The smallest absolute Gasteiger partial charge is 0.340 e. The lowest BCUT2D eigenvalue weighted by molar-refractivity contribution is -0.149. The molecule has 3 aromatic rings. The van der Waals surface area contributed by atoms with Gasteiger partial charge in [-0.05, 0) is 23.4 Å². The number of thiophene rings is 1. The second-order valence-corrected chi connectivity index (χ2v) is 8.12. The van der Waals surface area contributed by atoms with Crippen LogP contribution in [0.3, 0.4) is 0 Å². The van der Waals surface area contributed by atoms with Crippen LogP contribution in [0.1, 0.15) is 35.1 Å². The third-order valence-corrected chi connectivity index (χ3v) is 5.65. The first-order chi connectivity index (χ1) is 14.4. The maximum absolute atomic E-state index is 12.3. The fourth-order valence-corrected chi connectivity index (χ4v) is 4.18. The highest BCUT2D eigenvalue weighted by atomic mass is 32.1. The summed E-state index contributed by atoms with van der Waals surface area (Å²) >= 11 is 1.57. The Morgan fingerprint density at radius 3 is 2.57 bits per heavy atom. The van der Waals surface area contributed by atoms with Crippen LogP contribution in [0.2, 0.25) is 0 Å². The number of nitrogens with one attached hydrogen (secondary N) is 1. The highest BCUT2D eigenvalue weighted by Gasteiger charge is 2.21. The molecular formula is C22H24N2O5S. The molecule has 0 saturated heterocycles. The summed E-state index contributed by atoms with van der Waals surface area (Å²) in [5, 5.41) is 5.57. The number of esters is 2. The summed E-state index contributed by atoms with van der Waals surface area (Å²) in [6, 6.07) is 11.0. The van der Waals surface area contributed by atoms with Gasteiger partial charge in [-0.2, -0.15) is 0 Å². The van der Waals surface area contributed by atoms with Crippen molar-refractivity contribution in [2.75, 3.05) is 13.7 Å². The Hall–Kier alpha value is -3.13. The SMILES string of the molecule is COC(=O)c1cn(CC(=O)OCC(=O)NC(c2cccs2)C(C)C)c2ccccc12. The van der Waals surface area contributed by atoms with Gasteiger partial charge >= 0.3 is 11.9 Å². The zero-order valence-electron chi connectivity index (χ0n) is 17.1. The van der Waals surface area contributed by atoms with Gasteiger partial charge in [0, 0.05) is 22.0 Å². The zero-order valence-corrected chi connectivity index (χ0v) is 17.9. The Morgan fingerprint density at radius 2 is 1.90 bits per heavy atom. The molecule has 0 aliphatic rings. The van der Waals surface area contributed by atoms with Crippen LogP contribution in [0.5, 0.6) is 0 Å². The molecule has 158 valence electrons. The number of fused-ring (bicyclic) bond motifs is 1. The van der Waals surface area contributed by atoms with E-state index in [4.69, 9.17) is 9.47 Å². The molecule has 3 rings (SSSR count). The molecule has 0 spiro atoms. The molecule has 0 radical (unpaired) electrons. The van der Waals surface area contributed by atoms with Crippen LogP contribution in [0.4, 0.5) is 0 Å². The Kier molecular flexibility index (Phi) is 6.89. The quantitative estimate of drug-likeness (QED) is 0.555. The summed E-state index contributed by atoms with van der Waals surface area (Å²) in [6.45, 7) is 3.55. The third kappa shape index (κ3) is 4.88. The van der Waals surface area contributed by atoms with Crippen molar-refractivity contribution in [3.05, 3.63) is 58.4 Å². The van der Waals surface area contributed by atoms with E-state index in [9.17, 15) is 14.4 Å². The molecule has 8 heteroatoms. The third-order valence-electron chi connectivity index (χ3n) is 4.69. The van der Waals surface area contributed by atoms with Crippen LogP contribution in [-0.4, -0.2) is 36.1 Å². The Labute approximate surface area is 178 Å². The summed E-state index contributed by atoms with van der Waals surface area (Å²) in [5.74, 6) is -1.21. The van der Waals surface area contributed by atoms with Gasteiger partial charge in [-0.1, -0.05) is 38.1 Å². The molecule has 1 N–H and O–H groups in total. The molecule has 1 aromatic carbocycles. The number of hydrogen-bond donors (Lipinski definition) is 1. The number of rotatable bonds is 8. The maximum Gasteiger partial charge on any atom is 0.340 e. The average Bonchev–Trinajstić information content (AvgIpc) is 3.38. The van der Waals surface area contributed by atoms with E-state index in [1.54, 1.807) is 40.3 Å². The van der Waals surface area contributed by atoms with Gasteiger partial charge in [-0.15, -0.1) is 11.3 Å². The van der Waals surface area contributed by atoms with E-state index in [1.165, 1.54) is 7.11 Å². The Balaban J connectivity index is 1.62. The fraction of sp³-hybridized carbons (Fsp3) is 0.318. The Bertz CT molecular complexity index is 1040. The minimum absolute atomic E-state index is 0.122. The van der Waals surface area contributed by atoms with Crippen molar-refractivity contribution >= 4 is 40.1 Å². The molecule has 0 saturated carbocycles. The van der Waals surface area contributed by atoms with Crippen molar-refractivity contribution in [2.24, 2.45) is 5.92 Å². The van der Waals surface area contributed by atoms with Crippen LogP contribution in [-0.2, 0) is 25.6 Å². The van der Waals surface area contributed by atoms with Gasteiger partial charge in [0.25, 0.3) is 5.91 Å². The molecule has 2 aromatic heterocycles. The average molecular weight is 429 g/mol. The van der Waals surface area contributed by atoms with Crippen LogP contribution < -0.4 is 5.32 Å². The first-order valence-corrected chi connectivity index (χ1v) is 10.4. The molecule has 0 aliphatic carbocycles. The fourth-order valence-electron chi connectivity index (χ4n) is 3.23. The summed E-state index contributed by atoms with van der Waals surface area (Å²) in [6.07, 6.45) is 1.56. The first kappa shape index (κ1) is 21.6. The summed E-state index contributed by atoms with van der Waals surface area (Å²) in [4.78, 5) is 37.7. The molecule has 0 bridgehead atoms. The topological polar surface area (TPSA) is 86.6 Å². The number of para-hydroxylation sites is 1. The van der Waals surface area contributed by atoms with E-state index in [1.807, 2.05) is 37.4 Å². The van der Waals surface area contributed by atoms with E-state index >= 15 is 0 Å². The van der Waals surface area contributed by atoms with Gasteiger partial charge in [0.05, 0.1) is 18.7 Å². The van der Waals surface area contributed by atoms with Crippen molar-refractivity contribution in [2.45, 2.75) is 26.4 Å². The van der Waals surface area contributed by atoms with Crippen molar-refractivity contribution in [1.29, 1.82) is 0 Å². The molecule has 1 atom stereocenters. The van der Waals surface area contributed by atoms with Gasteiger partial charge in [-0.3, -0.25) is 9.59 Å². The summed E-state index contributed by atoms with van der Waals surface area (Å²) in [5.41, 5.74) is 1.08. The second kappa shape index (κ2) is 9.58. The van der Waals surface area contributed by atoms with E-state index in [0.717, 1.165) is 4.88 Å². The molecular weight excluding hydrogens is 404 g/mol. The van der Waals surface area contributed by atoms with Crippen molar-refractivity contribution in [3.8, 4) is 0 Å². The number of amides is 1. The molecule has 7 nitrogen and oxygen atoms in total. The molecule has 0 fully saturated rings. The van der Waals surface area contributed by atoms with Crippen molar-refractivity contribution in [3.63, 3.8) is 0 Å². The monoisotopic (exact) mass is 428 g/mol. The van der Waals surface area contributed by atoms with Crippen LogP contribution in [0.25, 0.3) is 10.9 Å². The van der Waals surface area contributed by atoms with E-state index in [2.05, 4.69) is 5.32 Å². The number of methoxy groups -OCH3 is 1. The van der Waals surface area contributed by atoms with E-state index < -0.39 is 11.9 Å². The highest BCUT2D eigenvalue weighted by molar-refractivity contribution is 7.10. The predicted molar refractivity (Wildman–Crippen MR) is 114 cm³/mol. The van der Waals surface area contributed by atoms with Gasteiger partial charge < -0.3 is 19.4 Å². The van der Waals surface area contributed by atoms with E-state index in [0.29, 0.717) is 16.5 Å². The van der Waals surface area contributed by atoms with Gasteiger partial charge in [0.1, 0.15) is 6.54 Å². The first-order valence-electron chi connectivity index (χ1n) is 9.55. The summed E-state index contributed by atoms with van der Waals surface area (Å²) in [7, 11) is 1.31. The van der Waals surface area contributed by atoms with Crippen molar-refractivity contribution < 1.29 is 23.9 Å². The zero-order chi connectivity index (χ0) is 21.7. The van der Waals surface area contributed by atoms with Crippen LogP contribution in [0, 0.1) is 5.92 Å². The predicted octanol–water partition coefficient (Wildman–Crippen LogP) is 3.55. The number of nitrogens with zero attached hydrogens (tertiary/aromatic N) is 1. The molecule has 1 amide bonds. The number of carbonyl (C=O) groups excluding carboxylic acids is 3. The molecule has 30 heavy (non-hydrogen) atoms. The number of benzene rings is 1. The lowest BCUT2D eigenvalue weighted by atomic mass is 10.0. The van der Waals surface area contributed by atoms with Crippen LogP contribution >= 0.6 is 11.3 Å². The normalized spacial score (nSPS) is 12.0. The highest BCUT2D eigenvalue weighted by Crippen LogP contribution is 2.25. The number of hydrogen-bond acceptors (Lipinski definition) is 6. The lowest BCUT2D eigenvalue weighted by Crippen LogP contribution is -2.34. The summed E-state index contributed by atoms with van der Waals surface area (Å²) < 4.78 is 11.6. The number of carbonyl (C=O) groups is 3. The molecule has 2 heterocycles. The van der Waals surface area contributed by atoms with E-state index in [-0.39, 0.29) is 31.0 Å². The molecule has 0 aliphatic heterocycles. The van der Waals surface area contributed by atoms with Gasteiger partial charge in [0.2, 0.25) is 0 Å². The maximum atomic E-state index is 12.3. The number of aromatic nitrogens is 1. The Morgan fingerprint density at radius 1 is 1.13 bits per heavy atom. The van der Waals surface area contributed by atoms with Crippen LogP contribution in [0.15, 0.2) is 48.0 Å². The van der Waals surface area contributed by atoms with Gasteiger partial charge in [-0.25, -0.2) is 4.79 Å². The minimum Gasteiger partial charge on any atom is -0.465 e. The second-order valence-electron chi connectivity index (χ2n) is 7.14. The van der Waals surface area contributed by atoms with Gasteiger partial charge in [0.15, 0.2) is 6.61 Å². The standard InChI is InChI=1S/C22H24N2O5S/c1-14(2)21(18-9-6-10-30-18)23-19(25)13-29-20(26)12-24-11-16(22(27)28-3)15-7-4-5-8-17(15)24/h4-11,14,21H,12-13H2,1-3H3,(H,23,25). The largest absolute Gasteiger partial charge is 0.465 e. The lowest BCUT2D eigenvalue weighted by Gasteiger charge is -2.21.